The van der Waals surface area contributed by atoms with Crippen molar-refractivity contribution in [2.75, 3.05) is 0 Å². The second-order valence-corrected chi connectivity index (χ2v) is 5.37. The maximum Gasteiger partial charge on any atom is 0.326 e. The van der Waals surface area contributed by atoms with Crippen LogP contribution in [0.1, 0.15) is 45.4 Å². The number of carboxylic acids is 2. The number of hydrogen-bond acceptors (Lipinski definition) is 3. The van der Waals surface area contributed by atoms with Crippen LogP contribution in [0.5, 0.6) is 0 Å². The van der Waals surface area contributed by atoms with Crippen molar-refractivity contribution in [3.05, 3.63) is 0 Å². The third kappa shape index (κ3) is 6.96. The molecule has 2 amide bonds. The molecule has 7 heteroatoms. The summed E-state index contributed by atoms with van der Waals surface area (Å²) in [5.74, 6) is -1.45. The number of rotatable bonds is 9. The monoisotopic (exact) mass is 286 g/mol. The van der Waals surface area contributed by atoms with Gasteiger partial charge in [-0.25, -0.2) is 9.59 Å². The molecule has 4 N–H and O–H groups in total. The van der Waals surface area contributed by atoms with E-state index in [0.717, 1.165) is 6.42 Å². The molecule has 0 spiro atoms. The van der Waals surface area contributed by atoms with Crippen molar-refractivity contribution in [1.82, 2.24) is 10.6 Å². The SMILES string of the molecule is CC(CC1CC1)NC(=O)N[C@H](CCCC(=O)O)C(=O)O. The zero-order valence-corrected chi connectivity index (χ0v) is 11.6. The molecule has 0 aliphatic heterocycles. The van der Waals surface area contributed by atoms with Crippen LogP contribution in [0.2, 0.25) is 0 Å². The molecule has 1 aliphatic rings. The molecule has 0 aromatic carbocycles. The third-order valence-corrected chi connectivity index (χ3v) is 3.25. The van der Waals surface area contributed by atoms with Crippen LogP contribution >= 0.6 is 0 Å². The van der Waals surface area contributed by atoms with E-state index in [2.05, 4.69) is 10.6 Å². The summed E-state index contributed by atoms with van der Waals surface area (Å²) >= 11 is 0. The van der Waals surface area contributed by atoms with Crippen LogP contribution in [0.3, 0.4) is 0 Å². The van der Waals surface area contributed by atoms with Crippen LogP contribution in [0.25, 0.3) is 0 Å². The predicted octanol–water partition coefficient (Wildman–Crippen LogP) is 1.18. The summed E-state index contributed by atoms with van der Waals surface area (Å²) in [6, 6.07) is -1.56. The van der Waals surface area contributed by atoms with Crippen molar-refractivity contribution >= 4 is 18.0 Å². The van der Waals surface area contributed by atoms with Gasteiger partial charge in [-0.2, -0.15) is 0 Å². The molecule has 2 atom stereocenters. The first kappa shape index (κ1) is 16.3. The minimum absolute atomic E-state index is 0.0102. The fourth-order valence-corrected chi connectivity index (χ4v) is 2.05. The van der Waals surface area contributed by atoms with Gasteiger partial charge in [0.1, 0.15) is 6.04 Å². The molecule has 1 unspecified atom stereocenters. The average molecular weight is 286 g/mol. The highest BCUT2D eigenvalue weighted by atomic mass is 16.4. The molecule has 0 aromatic heterocycles. The lowest BCUT2D eigenvalue weighted by Gasteiger charge is -2.18. The molecule has 1 fully saturated rings. The first-order chi connectivity index (χ1) is 9.38. The number of urea groups is 1. The van der Waals surface area contributed by atoms with Crippen LogP contribution in [0, 0.1) is 5.92 Å². The Kier molecular flexibility index (Phi) is 6.27. The first-order valence-corrected chi connectivity index (χ1v) is 6.90. The average Bonchev–Trinajstić information content (AvgIpc) is 3.10. The smallest absolute Gasteiger partial charge is 0.326 e. The van der Waals surface area contributed by atoms with Gasteiger partial charge in [0.05, 0.1) is 0 Å². The van der Waals surface area contributed by atoms with E-state index in [0.29, 0.717) is 5.92 Å². The lowest BCUT2D eigenvalue weighted by molar-refractivity contribution is -0.140. The normalized spacial score (nSPS) is 17.1. The van der Waals surface area contributed by atoms with E-state index < -0.39 is 24.0 Å². The van der Waals surface area contributed by atoms with Crippen LogP contribution in [0.4, 0.5) is 4.79 Å². The lowest BCUT2D eigenvalue weighted by atomic mass is 10.1. The molecule has 0 saturated heterocycles. The van der Waals surface area contributed by atoms with Crippen LogP contribution in [0.15, 0.2) is 0 Å². The van der Waals surface area contributed by atoms with Gasteiger partial charge in [0, 0.05) is 12.5 Å². The molecule has 0 bridgehead atoms. The van der Waals surface area contributed by atoms with Gasteiger partial charge in [-0.1, -0.05) is 12.8 Å². The Bertz CT molecular complexity index is 368. The molecule has 114 valence electrons. The summed E-state index contributed by atoms with van der Waals surface area (Å²) in [5.41, 5.74) is 0. The van der Waals surface area contributed by atoms with E-state index in [1.807, 2.05) is 6.92 Å². The van der Waals surface area contributed by atoms with Gasteiger partial charge in [-0.05, 0) is 32.1 Å². The van der Waals surface area contributed by atoms with Crippen LogP contribution in [-0.2, 0) is 9.59 Å². The lowest BCUT2D eigenvalue weighted by Crippen LogP contribution is -2.48. The number of carbonyl (C=O) groups is 3. The van der Waals surface area contributed by atoms with E-state index >= 15 is 0 Å². The summed E-state index contributed by atoms with van der Waals surface area (Å²) in [5, 5.41) is 22.6. The zero-order valence-electron chi connectivity index (χ0n) is 11.6. The van der Waals surface area contributed by atoms with Gasteiger partial charge < -0.3 is 20.8 Å². The third-order valence-electron chi connectivity index (χ3n) is 3.25. The molecule has 7 nitrogen and oxygen atoms in total. The molecular weight excluding hydrogens is 264 g/mol. The first-order valence-electron chi connectivity index (χ1n) is 6.90. The quantitative estimate of drug-likeness (QED) is 0.508. The Morgan fingerprint density at radius 3 is 2.35 bits per heavy atom. The summed E-state index contributed by atoms with van der Waals surface area (Å²) in [4.78, 5) is 33.0. The van der Waals surface area contributed by atoms with Gasteiger partial charge in [0.25, 0.3) is 0 Å². The maximum atomic E-state index is 11.7. The molecule has 0 aromatic rings. The Balaban J connectivity index is 2.29. The van der Waals surface area contributed by atoms with Crippen LogP contribution in [-0.4, -0.2) is 40.3 Å². The highest BCUT2D eigenvalue weighted by molar-refractivity contribution is 5.82. The molecule has 1 aliphatic carbocycles. The summed E-state index contributed by atoms with van der Waals surface area (Å²) in [7, 11) is 0. The Hall–Kier alpha value is -1.79. The van der Waals surface area contributed by atoms with E-state index in [1.165, 1.54) is 12.8 Å². The largest absolute Gasteiger partial charge is 0.481 e. The topological polar surface area (TPSA) is 116 Å². The fourth-order valence-electron chi connectivity index (χ4n) is 2.05. The van der Waals surface area contributed by atoms with Crippen molar-refractivity contribution in [3.63, 3.8) is 0 Å². The van der Waals surface area contributed by atoms with E-state index in [9.17, 15) is 14.4 Å². The summed E-state index contributed by atoms with van der Waals surface area (Å²) < 4.78 is 0. The Morgan fingerprint density at radius 1 is 1.20 bits per heavy atom. The van der Waals surface area contributed by atoms with E-state index in [4.69, 9.17) is 10.2 Å². The van der Waals surface area contributed by atoms with Crippen LogP contribution < -0.4 is 10.6 Å². The van der Waals surface area contributed by atoms with E-state index in [-0.39, 0.29) is 25.3 Å². The minimum Gasteiger partial charge on any atom is -0.481 e. The van der Waals surface area contributed by atoms with Gasteiger partial charge in [0.15, 0.2) is 0 Å². The zero-order chi connectivity index (χ0) is 15.1. The molecular formula is C13H22N2O5. The number of carbonyl (C=O) groups excluding carboxylic acids is 1. The Morgan fingerprint density at radius 2 is 1.85 bits per heavy atom. The molecule has 0 radical (unpaired) electrons. The second-order valence-electron chi connectivity index (χ2n) is 5.37. The standard InChI is InChI=1S/C13H22N2O5/c1-8(7-9-5-6-9)14-13(20)15-10(12(18)19)3-2-4-11(16)17/h8-10H,2-7H2,1H3,(H,16,17)(H,18,19)(H2,14,15,20)/t8?,10-/m1/s1. The highest BCUT2D eigenvalue weighted by Gasteiger charge is 2.25. The summed E-state index contributed by atoms with van der Waals surface area (Å²) in [6.45, 7) is 1.89. The molecule has 1 saturated carbocycles. The van der Waals surface area contributed by atoms with Crippen molar-refractivity contribution in [3.8, 4) is 0 Å². The van der Waals surface area contributed by atoms with Gasteiger partial charge >= 0.3 is 18.0 Å². The second kappa shape index (κ2) is 7.72. The number of amides is 2. The van der Waals surface area contributed by atoms with Crippen molar-refractivity contribution < 1.29 is 24.6 Å². The van der Waals surface area contributed by atoms with Crippen molar-refractivity contribution in [2.24, 2.45) is 5.92 Å². The molecule has 20 heavy (non-hydrogen) atoms. The maximum absolute atomic E-state index is 11.7. The number of nitrogens with one attached hydrogen (secondary N) is 2. The number of hydrogen-bond donors (Lipinski definition) is 4. The van der Waals surface area contributed by atoms with Gasteiger partial charge in [0.2, 0.25) is 0 Å². The van der Waals surface area contributed by atoms with Gasteiger partial charge in [-0.15, -0.1) is 0 Å². The van der Waals surface area contributed by atoms with E-state index in [1.54, 1.807) is 0 Å². The number of aliphatic carboxylic acids is 2. The fraction of sp³-hybridized carbons (Fsp3) is 0.769. The van der Waals surface area contributed by atoms with Crippen molar-refractivity contribution in [2.45, 2.75) is 57.5 Å². The highest BCUT2D eigenvalue weighted by Crippen LogP contribution is 2.33. The van der Waals surface area contributed by atoms with Gasteiger partial charge in [-0.3, -0.25) is 4.79 Å². The number of carboxylic acid groups (broad SMARTS) is 2. The predicted molar refractivity (Wildman–Crippen MR) is 71.4 cm³/mol. The Labute approximate surface area is 117 Å². The van der Waals surface area contributed by atoms with Crippen molar-refractivity contribution in [1.29, 1.82) is 0 Å². The summed E-state index contributed by atoms with van der Waals surface area (Å²) in [6.07, 6.45) is 3.51. The molecule has 1 rings (SSSR count). The minimum atomic E-state index is -1.15. The molecule has 0 heterocycles.